The predicted octanol–water partition coefficient (Wildman–Crippen LogP) is 5.50. The van der Waals surface area contributed by atoms with Crippen molar-refractivity contribution in [1.82, 2.24) is 10.2 Å². The molecule has 1 amide bonds. The van der Waals surface area contributed by atoms with Crippen LogP contribution in [-0.2, 0) is 4.79 Å². The zero-order chi connectivity index (χ0) is 25.8. The molecule has 36 heavy (non-hydrogen) atoms. The normalized spacial score (nSPS) is 15.6. The fourth-order valence-corrected chi connectivity index (χ4v) is 4.75. The number of Topliss-reactive ketones (excluding diaryl/α,β-unsaturated/α-hetero) is 1. The fraction of sp³-hybridized carbons (Fsp3) is 0.385. The smallest absolute Gasteiger partial charge is 0.296 e. The van der Waals surface area contributed by atoms with Crippen LogP contribution in [0.15, 0.2) is 46.1 Å². The van der Waals surface area contributed by atoms with Crippen molar-refractivity contribution in [2.45, 2.75) is 53.0 Å². The highest BCUT2D eigenvalue weighted by Gasteiger charge is 2.47. The number of benzene rings is 1. The molecule has 0 aliphatic carbocycles. The molecule has 3 heterocycles. The lowest BCUT2D eigenvalue weighted by Gasteiger charge is -2.25. The highest BCUT2D eigenvalue weighted by molar-refractivity contribution is 7.15. The van der Waals surface area contributed by atoms with Crippen molar-refractivity contribution in [3.8, 4) is 11.5 Å². The number of furan rings is 1. The van der Waals surface area contributed by atoms with Crippen molar-refractivity contribution in [1.29, 1.82) is 0 Å². The SMILES string of the molecule is CCCCCOc1ccc(C2C(C(=O)c3ccc(C)o3)=C(O)C(=O)N2c2nnc(C)s2)cc1OCC. The second-order valence-electron chi connectivity index (χ2n) is 8.38. The number of hydrogen-bond donors (Lipinski definition) is 1. The number of unbranched alkanes of at least 4 members (excludes halogenated alkanes) is 2. The van der Waals surface area contributed by atoms with Gasteiger partial charge in [0.2, 0.25) is 10.9 Å². The average Bonchev–Trinajstić information content (AvgIpc) is 3.55. The van der Waals surface area contributed by atoms with Crippen LogP contribution in [0.25, 0.3) is 0 Å². The number of amides is 1. The Balaban J connectivity index is 1.79. The van der Waals surface area contributed by atoms with Gasteiger partial charge in [0.25, 0.3) is 5.91 Å². The summed E-state index contributed by atoms with van der Waals surface area (Å²) in [5.41, 5.74) is 0.456. The molecule has 1 aliphatic rings. The molecule has 9 nitrogen and oxygen atoms in total. The summed E-state index contributed by atoms with van der Waals surface area (Å²) in [6, 6.07) is 7.47. The molecule has 0 saturated heterocycles. The molecule has 0 saturated carbocycles. The minimum atomic E-state index is -0.962. The number of rotatable bonds is 11. The van der Waals surface area contributed by atoms with Crippen molar-refractivity contribution in [3.63, 3.8) is 0 Å². The molecular weight excluding hydrogens is 482 g/mol. The molecule has 0 radical (unpaired) electrons. The van der Waals surface area contributed by atoms with Crippen LogP contribution in [0.1, 0.15) is 66.0 Å². The maximum Gasteiger partial charge on any atom is 0.296 e. The van der Waals surface area contributed by atoms with Crippen LogP contribution in [0.2, 0.25) is 0 Å². The number of anilines is 1. The van der Waals surface area contributed by atoms with E-state index < -0.39 is 23.5 Å². The summed E-state index contributed by atoms with van der Waals surface area (Å²) in [7, 11) is 0. The number of aromatic nitrogens is 2. The summed E-state index contributed by atoms with van der Waals surface area (Å²) in [6.07, 6.45) is 3.06. The fourth-order valence-electron chi connectivity index (χ4n) is 4.04. The molecule has 1 aromatic carbocycles. The first kappa shape index (κ1) is 25.4. The molecule has 0 spiro atoms. The molecule has 1 aliphatic heterocycles. The van der Waals surface area contributed by atoms with E-state index in [1.807, 2.05) is 6.92 Å². The van der Waals surface area contributed by atoms with E-state index in [-0.39, 0.29) is 16.5 Å². The van der Waals surface area contributed by atoms with Gasteiger partial charge in [-0.3, -0.25) is 14.5 Å². The first-order chi connectivity index (χ1) is 17.3. The molecule has 190 valence electrons. The van der Waals surface area contributed by atoms with Gasteiger partial charge in [-0.25, -0.2) is 0 Å². The molecule has 0 bridgehead atoms. The highest BCUT2D eigenvalue weighted by atomic mass is 32.1. The van der Waals surface area contributed by atoms with Gasteiger partial charge in [-0.05, 0) is 57.0 Å². The van der Waals surface area contributed by atoms with Crippen LogP contribution < -0.4 is 14.4 Å². The first-order valence-corrected chi connectivity index (χ1v) is 12.7. The lowest BCUT2D eigenvalue weighted by atomic mass is 9.95. The zero-order valence-electron chi connectivity index (χ0n) is 20.7. The number of hydrogen-bond acceptors (Lipinski definition) is 9. The maximum atomic E-state index is 13.5. The third-order valence-corrected chi connectivity index (χ3v) is 6.57. The standard InChI is InChI=1S/C26H29N3O6S/c1-5-7-8-13-34-18-12-10-17(14-20(18)33-6-2)22-21(23(30)19-11-9-15(3)35-19)24(31)25(32)29(22)26-28-27-16(4)36-26/h9-12,14,22,31H,5-8,13H2,1-4H3. The topological polar surface area (TPSA) is 115 Å². The Bertz CT molecular complexity index is 1290. The van der Waals surface area contributed by atoms with Gasteiger partial charge in [-0.1, -0.05) is 37.2 Å². The lowest BCUT2D eigenvalue weighted by molar-refractivity contribution is -0.117. The van der Waals surface area contributed by atoms with E-state index in [0.29, 0.717) is 41.0 Å². The second kappa shape index (κ2) is 10.9. The van der Waals surface area contributed by atoms with E-state index in [1.54, 1.807) is 38.1 Å². The van der Waals surface area contributed by atoms with Gasteiger partial charge in [-0.15, -0.1) is 10.2 Å². The van der Waals surface area contributed by atoms with Crippen LogP contribution in [0, 0.1) is 13.8 Å². The van der Waals surface area contributed by atoms with Gasteiger partial charge in [0, 0.05) is 0 Å². The summed E-state index contributed by atoms with van der Waals surface area (Å²) in [5, 5.41) is 19.9. The van der Waals surface area contributed by atoms with E-state index in [9.17, 15) is 14.7 Å². The number of carbonyl (C=O) groups excluding carboxylic acids is 2. The molecular formula is C26H29N3O6S. The minimum Gasteiger partial charge on any atom is -0.503 e. The Morgan fingerprint density at radius 1 is 1.11 bits per heavy atom. The van der Waals surface area contributed by atoms with Crippen LogP contribution in [0.5, 0.6) is 11.5 Å². The van der Waals surface area contributed by atoms with Crippen LogP contribution >= 0.6 is 11.3 Å². The lowest BCUT2D eigenvalue weighted by Crippen LogP contribution is -2.31. The molecule has 1 unspecified atom stereocenters. The number of aryl methyl sites for hydroxylation is 2. The number of aliphatic hydroxyl groups is 1. The van der Waals surface area contributed by atoms with Crippen LogP contribution in [-0.4, -0.2) is 40.2 Å². The third-order valence-electron chi connectivity index (χ3n) is 5.73. The van der Waals surface area contributed by atoms with Crippen molar-refractivity contribution in [2.24, 2.45) is 0 Å². The van der Waals surface area contributed by atoms with Crippen molar-refractivity contribution in [3.05, 3.63) is 63.8 Å². The number of ether oxygens (including phenoxy) is 2. The molecule has 1 N–H and O–H groups in total. The second-order valence-corrected chi connectivity index (χ2v) is 9.54. The summed E-state index contributed by atoms with van der Waals surface area (Å²) in [5.74, 6) is -0.338. The van der Waals surface area contributed by atoms with Gasteiger partial charge in [0.05, 0.1) is 24.8 Å². The summed E-state index contributed by atoms with van der Waals surface area (Å²) in [6.45, 7) is 8.42. The molecule has 3 aromatic rings. The van der Waals surface area contributed by atoms with E-state index in [1.165, 1.54) is 22.3 Å². The Morgan fingerprint density at radius 3 is 2.56 bits per heavy atom. The van der Waals surface area contributed by atoms with Crippen LogP contribution in [0.4, 0.5) is 5.13 Å². The van der Waals surface area contributed by atoms with Gasteiger partial charge in [0.1, 0.15) is 10.8 Å². The Morgan fingerprint density at radius 2 is 1.92 bits per heavy atom. The number of aliphatic hydroxyl groups excluding tert-OH is 1. The quantitative estimate of drug-likeness (QED) is 0.265. The predicted molar refractivity (Wildman–Crippen MR) is 135 cm³/mol. The summed E-state index contributed by atoms with van der Waals surface area (Å²) < 4.78 is 17.3. The van der Waals surface area contributed by atoms with Crippen molar-refractivity contribution >= 4 is 28.2 Å². The van der Waals surface area contributed by atoms with E-state index in [2.05, 4.69) is 17.1 Å². The number of carbonyl (C=O) groups is 2. The van der Waals surface area contributed by atoms with Gasteiger partial charge < -0.3 is 19.0 Å². The third kappa shape index (κ3) is 4.99. The molecule has 0 fully saturated rings. The number of ketones is 1. The Hall–Kier alpha value is -3.66. The molecule has 4 rings (SSSR count). The van der Waals surface area contributed by atoms with Gasteiger partial charge in [-0.2, -0.15) is 0 Å². The largest absolute Gasteiger partial charge is 0.503 e. The minimum absolute atomic E-state index is 0.0306. The Kier molecular flexibility index (Phi) is 7.73. The van der Waals surface area contributed by atoms with Crippen molar-refractivity contribution < 1.29 is 28.6 Å². The molecule has 2 aromatic heterocycles. The van der Waals surface area contributed by atoms with E-state index in [0.717, 1.165) is 19.3 Å². The number of nitrogens with zero attached hydrogens (tertiary/aromatic N) is 3. The highest BCUT2D eigenvalue weighted by Crippen LogP contribution is 2.44. The molecule has 10 heteroatoms. The van der Waals surface area contributed by atoms with Gasteiger partial charge >= 0.3 is 0 Å². The Labute approximate surface area is 213 Å². The van der Waals surface area contributed by atoms with E-state index in [4.69, 9.17) is 13.9 Å². The summed E-state index contributed by atoms with van der Waals surface area (Å²) >= 11 is 1.19. The van der Waals surface area contributed by atoms with E-state index >= 15 is 0 Å². The van der Waals surface area contributed by atoms with Crippen LogP contribution in [0.3, 0.4) is 0 Å². The van der Waals surface area contributed by atoms with Gasteiger partial charge in [0.15, 0.2) is 23.0 Å². The maximum absolute atomic E-state index is 13.5. The molecule has 1 atom stereocenters. The monoisotopic (exact) mass is 511 g/mol. The van der Waals surface area contributed by atoms with Crippen molar-refractivity contribution in [2.75, 3.05) is 18.1 Å². The first-order valence-electron chi connectivity index (χ1n) is 11.9. The zero-order valence-corrected chi connectivity index (χ0v) is 21.6. The average molecular weight is 512 g/mol. The summed E-state index contributed by atoms with van der Waals surface area (Å²) in [4.78, 5) is 28.0.